The van der Waals surface area contributed by atoms with Gasteiger partial charge in [-0.15, -0.1) is 11.8 Å². The van der Waals surface area contributed by atoms with E-state index in [0.717, 1.165) is 5.88 Å². The van der Waals surface area contributed by atoms with Crippen LogP contribution in [-0.2, 0) is 8.85 Å². The van der Waals surface area contributed by atoms with Crippen molar-refractivity contribution in [2.45, 2.75) is 16.7 Å². The molecule has 0 spiro atoms. The van der Waals surface area contributed by atoms with Crippen molar-refractivity contribution in [2.24, 2.45) is 0 Å². The molecule has 3 nitrogen and oxygen atoms in total. The Morgan fingerprint density at radius 1 is 1.35 bits per heavy atom. The molecule has 6 heteroatoms. The minimum absolute atomic E-state index is 0.400. The zero-order chi connectivity index (χ0) is 12.3. The number of para-hydroxylation sites is 1. The smallest absolute Gasteiger partial charge is 0.335 e. The number of anilines is 1. The molecule has 94 valence electrons. The highest BCUT2D eigenvalue weighted by molar-refractivity contribution is 8.06. The molecule has 1 unspecified atom stereocenters. The number of fused-ring (bicyclic) bond motifs is 1. The normalized spacial score (nSPS) is 16.4. The lowest BCUT2D eigenvalue weighted by Crippen LogP contribution is -2.33. The molecule has 0 saturated heterocycles. The van der Waals surface area contributed by atoms with E-state index in [4.69, 9.17) is 8.85 Å². The van der Waals surface area contributed by atoms with Crippen molar-refractivity contribution in [1.29, 1.82) is 0 Å². The van der Waals surface area contributed by atoms with Gasteiger partial charge < -0.3 is 13.2 Å². The fourth-order valence-corrected chi connectivity index (χ4v) is 6.29. The van der Waals surface area contributed by atoms with Crippen LogP contribution in [0.1, 0.15) is 6.92 Å². The van der Waals surface area contributed by atoms with Crippen LogP contribution in [0.25, 0.3) is 0 Å². The minimum Gasteiger partial charge on any atom is -0.399 e. The fraction of sp³-hybridized carbons (Fsp3) is 0.455. The third-order valence-electron chi connectivity index (χ3n) is 2.61. The lowest BCUT2D eigenvalue weighted by atomic mass is 10.3. The summed E-state index contributed by atoms with van der Waals surface area (Å²) in [5.74, 6) is 1.00. The van der Waals surface area contributed by atoms with Gasteiger partial charge in [0.15, 0.2) is 0 Å². The molecule has 1 atom stereocenters. The SMILES string of the molecule is CO[SiH](OC)C(C)SN1CSc2ccccc21. The van der Waals surface area contributed by atoms with Gasteiger partial charge in [-0.2, -0.15) is 0 Å². The lowest BCUT2D eigenvalue weighted by molar-refractivity contribution is 0.277. The maximum atomic E-state index is 5.42. The first-order chi connectivity index (χ1) is 8.26. The summed E-state index contributed by atoms with van der Waals surface area (Å²) >= 11 is 3.72. The Balaban J connectivity index is 2.02. The second kappa shape index (κ2) is 6.15. The van der Waals surface area contributed by atoms with Crippen LogP contribution in [0.2, 0.25) is 0 Å². The van der Waals surface area contributed by atoms with Crippen molar-refractivity contribution in [2.75, 3.05) is 24.4 Å². The molecule has 0 amide bonds. The molecule has 17 heavy (non-hydrogen) atoms. The molecule has 0 saturated carbocycles. The van der Waals surface area contributed by atoms with Crippen LogP contribution < -0.4 is 4.31 Å². The van der Waals surface area contributed by atoms with Gasteiger partial charge in [-0.1, -0.05) is 12.1 Å². The van der Waals surface area contributed by atoms with Gasteiger partial charge >= 0.3 is 9.28 Å². The van der Waals surface area contributed by atoms with Gasteiger partial charge in [-0.25, -0.2) is 0 Å². The Morgan fingerprint density at radius 3 is 2.76 bits per heavy atom. The molecule has 1 heterocycles. The van der Waals surface area contributed by atoms with Crippen molar-refractivity contribution in [3.63, 3.8) is 0 Å². The van der Waals surface area contributed by atoms with Crippen molar-refractivity contribution in [3.05, 3.63) is 24.3 Å². The summed E-state index contributed by atoms with van der Waals surface area (Å²) < 4.78 is 13.2. The average molecular weight is 287 g/mol. The Morgan fingerprint density at radius 2 is 2.06 bits per heavy atom. The fourth-order valence-electron chi connectivity index (χ4n) is 1.80. The standard InChI is InChI=1S/C11H17NO2S2Si/c1-9(17(13-2)14-3)16-12-8-15-11-7-5-4-6-10(11)12/h4-7,9,17H,8H2,1-3H3. The molecular formula is C11H17NO2S2Si. The number of benzene rings is 1. The Bertz CT molecular complexity index is 376. The number of rotatable bonds is 5. The van der Waals surface area contributed by atoms with Gasteiger partial charge in [0, 0.05) is 19.1 Å². The largest absolute Gasteiger partial charge is 0.399 e. The third-order valence-corrected chi connectivity index (χ3v) is 7.46. The average Bonchev–Trinajstić information content (AvgIpc) is 2.74. The molecule has 1 aromatic carbocycles. The number of hydrogen-bond acceptors (Lipinski definition) is 5. The van der Waals surface area contributed by atoms with Gasteiger partial charge in [0.25, 0.3) is 0 Å². The highest BCUT2D eigenvalue weighted by Gasteiger charge is 2.27. The van der Waals surface area contributed by atoms with E-state index in [1.807, 2.05) is 23.7 Å². The Kier molecular flexibility index (Phi) is 4.81. The summed E-state index contributed by atoms with van der Waals surface area (Å²) in [6.07, 6.45) is 0. The van der Waals surface area contributed by atoms with E-state index >= 15 is 0 Å². The quantitative estimate of drug-likeness (QED) is 0.611. The monoisotopic (exact) mass is 287 g/mol. The second-order valence-corrected chi connectivity index (χ2v) is 9.31. The Labute approximate surface area is 113 Å². The van der Waals surface area contributed by atoms with Gasteiger partial charge in [0.1, 0.15) is 0 Å². The van der Waals surface area contributed by atoms with Gasteiger partial charge in [-0.3, -0.25) is 0 Å². The molecule has 0 bridgehead atoms. The van der Waals surface area contributed by atoms with Gasteiger partial charge in [0.2, 0.25) is 0 Å². The summed E-state index contributed by atoms with van der Waals surface area (Å²) in [6, 6.07) is 8.52. The predicted octanol–water partition coefficient (Wildman–Crippen LogP) is 2.65. The summed E-state index contributed by atoms with van der Waals surface area (Å²) in [4.78, 5) is 1.76. The first kappa shape index (κ1) is 13.3. The molecule has 0 N–H and O–H groups in total. The highest BCUT2D eigenvalue weighted by atomic mass is 32.2. The van der Waals surface area contributed by atoms with Crippen molar-refractivity contribution >= 4 is 38.7 Å². The molecule has 0 aromatic heterocycles. The van der Waals surface area contributed by atoms with Crippen LogP contribution in [0.4, 0.5) is 5.69 Å². The lowest BCUT2D eigenvalue weighted by Gasteiger charge is -2.24. The third kappa shape index (κ3) is 3.00. The van der Waals surface area contributed by atoms with Crippen molar-refractivity contribution < 1.29 is 8.85 Å². The van der Waals surface area contributed by atoms with Crippen LogP contribution >= 0.6 is 23.7 Å². The summed E-state index contributed by atoms with van der Waals surface area (Å²) in [7, 11) is 1.94. The molecule has 1 aliphatic heterocycles. The summed E-state index contributed by atoms with van der Waals surface area (Å²) in [6.45, 7) is 2.18. The Hall–Kier alpha value is -0.143. The van der Waals surface area contributed by atoms with E-state index in [9.17, 15) is 0 Å². The molecule has 2 rings (SSSR count). The molecule has 0 fully saturated rings. The van der Waals surface area contributed by atoms with Crippen LogP contribution in [0, 0.1) is 0 Å². The minimum atomic E-state index is -1.54. The summed E-state index contributed by atoms with van der Waals surface area (Å²) in [5, 5.41) is 0. The van der Waals surface area contributed by atoms with Crippen molar-refractivity contribution in [1.82, 2.24) is 0 Å². The first-order valence-electron chi connectivity index (χ1n) is 5.48. The first-order valence-corrected chi connectivity index (χ1v) is 8.91. The zero-order valence-electron chi connectivity index (χ0n) is 10.3. The van der Waals surface area contributed by atoms with Crippen LogP contribution in [0.5, 0.6) is 0 Å². The number of hydrogen-bond donors (Lipinski definition) is 0. The topological polar surface area (TPSA) is 21.7 Å². The van der Waals surface area contributed by atoms with Crippen LogP contribution in [-0.4, -0.2) is 34.3 Å². The van der Waals surface area contributed by atoms with Crippen molar-refractivity contribution in [3.8, 4) is 0 Å². The summed E-state index contributed by atoms with van der Waals surface area (Å²) in [5.41, 5.74) is 1.31. The zero-order valence-corrected chi connectivity index (χ0v) is 13.0. The van der Waals surface area contributed by atoms with Gasteiger partial charge in [-0.05, 0) is 31.0 Å². The van der Waals surface area contributed by atoms with E-state index in [-0.39, 0.29) is 0 Å². The predicted molar refractivity (Wildman–Crippen MR) is 77.9 cm³/mol. The molecule has 0 radical (unpaired) electrons. The molecular weight excluding hydrogens is 270 g/mol. The second-order valence-electron chi connectivity index (χ2n) is 3.77. The van der Waals surface area contributed by atoms with Crippen LogP contribution in [0.15, 0.2) is 29.2 Å². The highest BCUT2D eigenvalue weighted by Crippen LogP contribution is 2.42. The molecule has 1 aromatic rings. The van der Waals surface area contributed by atoms with E-state index in [2.05, 4.69) is 35.5 Å². The molecule has 1 aliphatic rings. The molecule has 0 aliphatic carbocycles. The van der Waals surface area contributed by atoms with E-state index in [1.54, 1.807) is 14.2 Å². The van der Waals surface area contributed by atoms with Gasteiger partial charge in [0.05, 0.1) is 16.4 Å². The maximum Gasteiger partial charge on any atom is 0.335 e. The van der Waals surface area contributed by atoms with Crippen LogP contribution in [0.3, 0.4) is 0 Å². The van der Waals surface area contributed by atoms with E-state index in [0.29, 0.717) is 4.87 Å². The van der Waals surface area contributed by atoms with E-state index in [1.165, 1.54) is 10.6 Å². The number of nitrogens with zero attached hydrogens (tertiary/aromatic N) is 1. The van der Waals surface area contributed by atoms with E-state index < -0.39 is 9.28 Å². The maximum absolute atomic E-state index is 5.42. The number of thioether (sulfide) groups is 1.